The highest BCUT2D eigenvalue weighted by Gasteiger charge is 2.40. The zero-order chi connectivity index (χ0) is 81.4. The number of imide groups is 1. The average molecular weight is 1640 g/mol. The monoisotopic (exact) mass is 1630 g/mol. The van der Waals surface area contributed by atoms with Gasteiger partial charge in [-0.1, -0.05) is 152 Å². The van der Waals surface area contributed by atoms with E-state index >= 15 is 0 Å². The van der Waals surface area contributed by atoms with Gasteiger partial charge in [-0.05, 0) is 95.6 Å². The first-order valence-corrected chi connectivity index (χ1v) is 38.6. The van der Waals surface area contributed by atoms with E-state index in [2.05, 4.69) is 138 Å². The third-order valence-corrected chi connectivity index (χ3v) is 23.2. The number of aryl methyl sites for hydroxylation is 2. The molecule has 0 aliphatic carbocycles. The molecule has 25 nitrogen and oxygen atoms in total. The SMILES string of the molecule is C=C1NC(Cc2c(C)[nH]c3c(Cl)cccc23)C(=O)N1C.C=C1NC(Cc2c[nH]c3c(C)cccc23)C(=O)N1C.C=C1NC(Cc2c[nH]c3c(Cl)c(Cl)ccc23)C(=O)N1C.C=C1NC(Cc2c[nH]c3c(Cl)cccc23)CN1C.C=C1NC(Cc2c[nH]c3ncccc23)C(=O)N1C.CN1C(=O)OC(Cc2c[nH]c3c(Cl)cccc23)C1=O. The molecular weight excluding hydrogens is 1550 g/mol. The number of fused-ring (bicyclic) bond motifs is 6. The summed E-state index contributed by atoms with van der Waals surface area (Å²) in [6.07, 6.45) is 13.8. The molecule has 7 aromatic heterocycles. The van der Waals surface area contributed by atoms with E-state index in [0.717, 1.165) is 117 Å². The maximum Gasteiger partial charge on any atom is 0.417 e. The number of hydrogen-bond donors (Lipinski definition) is 11. The van der Waals surface area contributed by atoms with Crippen LogP contribution in [0.25, 0.3) is 65.5 Å². The number of nitrogens with zero attached hydrogens (tertiary/aromatic N) is 7. The summed E-state index contributed by atoms with van der Waals surface area (Å²) in [5, 5.41) is 25.4. The Morgan fingerprint density at radius 3 is 1.29 bits per heavy atom. The van der Waals surface area contributed by atoms with Gasteiger partial charge < -0.3 is 85.7 Å². The summed E-state index contributed by atoms with van der Waals surface area (Å²) < 4.78 is 5.03. The van der Waals surface area contributed by atoms with Crippen LogP contribution < -0.4 is 26.6 Å². The second-order valence-corrected chi connectivity index (χ2v) is 30.8. The average Bonchev–Trinajstić information content (AvgIpc) is 1.66. The first kappa shape index (κ1) is 80.3. The van der Waals surface area contributed by atoms with Gasteiger partial charge in [0.25, 0.3) is 29.5 Å². The van der Waals surface area contributed by atoms with E-state index in [0.29, 0.717) is 81.5 Å². The van der Waals surface area contributed by atoms with Crippen molar-refractivity contribution in [2.75, 3.05) is 48.8 Å². The van der Waals surface area contributed by atoms with Gasteiger partial charge in [0.05, 0.1) is 53.0 Å². The number of halogens is 5. The predicted octanol–water partition coefficient (Wildman–Crippen LogP) is 13.5. The number of aromatic amines is 6. The molecule has 0 bridgehead atoms. The number of carbonyl (C=O) groups excluding carboxylic acids is 6. The van der Waals surface area contributed by atoms with Gasteiger partial charge in [-0.2, -0.15) is 0 Å². The van der Waals surface area contributed by atoms with Crippen LogP contribution in [0.2, 0.25) is 25.1 Å². The van der Waals surface area contributed by atoms with Gasteiger partial charge in [-0.25, -0.2) is 14.7 Å². The van der Waals surface area contributed by atoms with E-state index in [1.165, 1.54) is 33.8 Å². The number of amides is 6. The number of cyclic esters (lactones) is 1. The van der Waals surface area contributed by atoms with Gasteiger partial charge in [0.15, 0.2) is 6.10 Å². The Morgan fingerprint density at radius 2 is 0.816 bits per heavy atom. The molecule has 0 radical (unpaired) electrons. The van der Waals surface area contributed by atoms with Crippen LogP contribution in [0.15, 0.2) is 196 Å². The first-order valence-electron chi connectivity index (χ1n) is 36.7. The van der Waals surface area contributed by atoms with Gasteiger partial charge in [-0.15, -0.1) is 0 Å². The van der Waals surface area contributed by atoms with Crippen LogP contribution in [0.5, 0.6) is 0 Å². The number of hydrogen-bond acceptors (Lipinski definition) is 14. The van der Waals surface area contributed by atoms with Crippen LogP contribution in [0, 0.1) is 13.8 Å². The Bertz CT molecular complexity index is 5730. The fourth-order valence-electron chi connectivity index (χ4n) is 14.8. The van der Waals surface area contributed by atoms with E-state index in [1.807, 2.05) is 92.2 Å². The van der Waals surface area contributed by atoms with Crippen molar-refractivity contribution in [3.8, 4) is 0 Å². The molecule has 6 aliphatic heterocycles. The van der Waals surface area contributed by atoms with E-state index in [1.54, 1.807) is 67.4 Å². The Balaban J connectivity index is 0.000000119. The molecule has 0 saturated carbocycles. The lowest BCUT2D eigenvalue weighted by molar-refractivity contribution is -0.129. The number of nitrogens with one attached hydrogen (secondary N) is 11. The summed E-state index contributed by atoms with van der Waals surface area (Å²) in [6, 6.07) is 30.6. The lowest BCUT2D eigenvalue weighted by Crippen LogP contribution is -2.31. The number of carbonyl (C=O) groups is 6. The van der Waals surface area contributed by atoms with E-state index in [9.17, 15) is 28.8 Å². The van der Waals surface area contributed by atoms with Crippen molar-refractivity contribution in [2.24, 2.45) is 0 Å². The Hall–Kier alpha value is -11.7. The molecule has 11 N–H and O–H groups in total. The van der Waals surface area contributed by atoms with Crippen LogP contribution in [0.4, 0.5) is 4.79 Å². The molecule has 6 fully saturated rings. The van der Waals surface area contributed by atoms with Crippen molar-refractivity contribution in [1.29, 1.82) is 0 Å². The highest BCUT2D eigenvalue weighted by Crippen LogP contribution is 2.35. The number of rotatable bonds is 12. The molecule has 590 valence electrons. The standard InChI is InChI=1S/C15H16ClN3O.C15H17N3O.C14H13Cl2N3O.C14H16ClN3.C13H11ClN2O3.C13H14N4O/c1-8-11(7-13-15(20)19(3)9(2)18-13)10-5-4-6-12(16)14(10)17-8;1-9-5-4-6-12-11(8-16-14(9)12)7-13-15(19)18(3)10(2)17-13;1-7-18-11(14(20)19(7)2)5-8-6-17-13-9(8)3-4-10(15)12(13)16;1-9-17-11(8-18(9)2)6-10-7-16-14-12(10)4-3-5-13(14)15;1-16-12(17)10(19-13(16)18)5-7-6-15-11-8(7)3-2-4-9(11)14;1-8-16-11(13(18)17(8)2)6-9-7-15-12-10(9)4-3-5-14-12/h4-6,13,17-18H,2,7H2,1,3H3;4-6,8,13,16-17H,2,7H2,1,3H3;3-4,6,11,17-18H,1,5H2,2H3;3-5,7,11,16-17H,1,6,8H2,2H3;2-4,6,10,15H,5H2,1H3;3-5,7,11,16H,1,6H2,2H3,(H,14,15). The third-order valence-electron chi connectivity index (χ3n) is 21.5. The van der Waals surface area contributed by atoms with Gasteiger partial charge in [-0.3, -0.25) is 24.0 Å². The lowest BCUT2D eigenvalue weighted by atomic mass is 10.0. The van der Waals surface area contributed by atoms with Crippen LogP contribution in [-0.2, 0) is 67.2 Å². The zero-order valence-corrected chi connectivity index (χ0v) is 67.8. The minimum Gasteiger partial charge on any atom is -0.435 e. The number of H-pyrrole nitrogens is 6. The normalized spacial score (nSPS) is 19.3. The summed E-state index contributed by atoms with van der Waals surface area (Å²) in [5.74, 6) is 3.48. The summed E-state index contributed by atoms with van der Waals surface area (Å²) in [6.45, 7) is 24.3. The van der Waals surface area contributed by atoms with Crippen molar-refractivity contribution in [1.82, 2.24) is 90.9 Å². The topological polar surface area (TPSA) is 299 Å². The molecule has 6 atom stereocenters. The maximum absolute atomic E-state index is 12.1. The minimum absolute atomic E-state index is 0.0180. The van der Waals surface area contributed by atoms with E-state index < -0.39 is 12.2 Å². The first-order chi connectivity index (χ1) is 54.4. The van der Waals surface area contributed by atoms with Crippen molar-refractivity contribution in [2.45, 2.75) is 88.7 Å². The number of benzene rings is 5. The van der Waals surface area contributed by atoms with Gasteiger partial charge in [0.2, 0.25) is 0 Å². The summed E-state index contributed by atoms with van der Waals surface area (Å²) in [5.41, 5.74) is 14.4. The van der Waals surface area contributed by atoms with Gasteiger partial charge in [0, 0.05) is 168 Å². The molecule has 13 heterocycles. The number of aromatic nitrogens is 7. The molecule has 6 saturated heterocycles. The van der Waals surface area contributed by atoms with Crippen LogP contribution in [-0.4, -0.2) is 185 Å². The smallest absolute Gasteiger partial charge is 0.417 e. The third kappa shape index (κ3) is 16.4. The lowest BCUT2D eigenvalue weighted by Gasteiger charge is -2.09. The molecule has 6 unspecified atom stereocenters. The fraction of sp³-hybridized carbons (Fsp3) is 0.250. The van der Waals surface area contributed by atoms with Crippen LogP contribution in [0.1, 0.15) is 44.6 Å². The van der Waals surface area contributed by atoms with E-state index in [-0.39, 0.29) is 53.7 Å². The Labute approximate surface area is 682 Å². The number of likely N-dealkylation sites (N-methyl/N-ethyl adjacent to an activating group) is 6. The van der Waals surface area contributed by atoms with Gasteiger partial charge >= 0.3 is 6.09 Å². The second kappa shape index (κ2) is 33.5. The molecule has 5 aromatic carbocycles. The Morgan fingerprint density at radius 1 is 0.404 bits per heavy atom. The summed E-state index contributed by atoms with van der Waals surface area (Å²) >= 11 is 30.6. The molecule has 6 amide bonds. The van der Waals surface area contributed by atoms with Crippen molar-refractivity contribution in [3.63, 3.8) is 0 Å². The predicted molar refractivity (Wildman–Crippen MR) is 451 cm³/mol. The van der Waals surface area contributed by atoms with Gasteiger partial charge in [0.1, 0.15) is 53.1 Å². The molecule has 18 rings (SSSR count). The molecule has 114 heavy (non-hydrogen) atoms. The van der Waals surface area contributed by atoms with Crippen molar-refractivity contribution >= 4 is 159 Å². The van der Waals surface area contributed by atoms with Crippen molar-refractivity contribution in [3.05, 3.63) is 266 Å². The van der Waals surface area contributed by atoms with Crippen LogP contribution >= 0.6 is 58.0 Å². The number of para-hydroxylation sites is 4. The maximum atomic E-state index is 12.1. The quantitative estimate of drug-likeness (QED) is 0.0542. The molecule has 6 aliphatic rings. The van der Waals surface area contributed by atoms with Crippen LogP contribution in [0.3, 0.4) is 0 Å². The largest absolute Gasteiger partial charge is 0.435 e. The fourth-order valence-corrected chi connectivity index (χ4v) is 15.9. The Kier molecular flexibility index (Phi) is 23.6. The highest BCUT2D eigenvalue weighted by molar-refractivity contribution is 6.45. The summed E-state index contributed by atoms with van der Waals surface area (Å²) in [7, 11) is 10.4. The summed E-state index contributed by atoms with van der Waals surface area (Å²) in [4.78, 5) is 104. The molecule has 12 aromatic rings. The highest BCUT2D eigenvalue weighted by atomic mass is 35.5. The second-order valence-electron chi connectivity index (χ2n) is 28.8. The minimum atomic E-state index is -0.754. The molecule has 30 heteroatoms. The van der Waals surface area contributed by atoms with E-state index in [4.69, 9.17) is 62.7 Å². The molecule has 0 spiro atoms. The van der Waals surface area contributed by atoms with Crippen molar-refractivity contribution < 1.29 is 33.5 Å². The number of pyridine rings is 1. The molecular formula is C84H87Cl5N18O7. The zero-order valence-electron chi connectivity index (χ0n) is 64.0. The number of ether oxygens (including phenoxy) is 1.